The zero-order chi connectivity index (χ0) is 23.6. The van der Waals surface area contributed by atoms with Crippen LogP contribution in [0.25, 0.3) is 0 Å². The van der Waals surface area contributed by atoms with Crippen molar-refractivity contribution >= 4 is 23.5 Å². The predicted molar refractivity (Wildman–Crippen MR) is 122 cm³/mol. The minimum absolute atomic E-state index is 0.168. The van der Waals surface area contributed by atoms with Gasteiger partial charge in [0, 0.05) is 18.1 Å². The summed E-state index contributed by atoms with van der Waals surface area (Å²) in [7, 11) is 0. The first-order valence-corrected chi connectivity index (χ1v) is 11.2. The molecule has 1 aliphatic carbocycles. The van der Waals surface area contributed by atoms with Crippen molar-refractivity contribution in [3.05, 3.63) is 42.7 Å². The number of imide groups is 1. The van der Waals surface area contributed by atoms with E-state index < -0.39 is 17.5 Å². The van der Waals surface area contributed by atoms with Crippen LogP contribution in [0.2, 0.25) is 0 Å². The van der Waals surface area contributed by atoms with Crippen molar-refractivity contribution in [3.63, 3.8) is 0 Å². The number of ether oxygens (including phenoxy) is 1. The zero-order valence-electron chi connectivity index (χ0n) is 19.1. The van der Waals surface area contributed by atoms with Crippen molar-refractivity contribution < 1.29 is 19.1 Å². The Morgan fingerprint density at radius 1 is 1.15 bits per heavy atom. The summed E-state index contributed by atoms with van der Waals surface area (Å²) < 4.78 is 5.53. The number of carbonyl (C=O) groups is 3. The Labute approximate surface area is 192 Å². The Bertz CT molecular complexity index is 1030. The van der Waals surface area contributed by atoms with Crippen LogP contribution in [0.4, 0.5) is 10.5 Å². The Morgan fingerprint density at radius 3 is 2.39 bits per heavy atom. The molecule has 2 N–H and O–H groups in total. The summed E-state index contributed by atoms with van der Waals surface area (Å²) in [6, 6.07) is 8.07. The maximum absolute atomic E-state index is 13.1. The highest BCUT2D eigenvalue weighted by atomic mass is 16.5. The van der Waals surface area contributed by atoms with Gasteiger partial charge in [0.1, 0.15) is 17.8 Å². The molecule has 0 radical (unpaired) electrons. The summed E-state index contributed by atoms with van der Waals surface area (Å²) in [6.07, 6.45) is 6.10. The third kappa shape index (κ3) is 4.97. The Hall–Kier alpha value is -3.49. The molecule has 2 aromatic rings. The van der Waals surface area contributed by atoms with Gasteiger partial charge in [0.15, 0.2) is 0 Å². The highest BCUT2D eigenvalue weighted by Gasteiger charge is 2.53. The van der Waals surface area contributed by atoms with E-state index in [2.05, 4.69) is 41.4 Å². The van der Waals surface area contributed by atoms with Gasteiger partial charge in [-0.3, -0.25) is 14.5 Å². The van der Waals surface area contributed by atoms with E-state index in [1.54, 1.807) is 42.7 Å². The molecule has 1 aliphatic heterocycles. The SMILES string of the molecule is CC(C)(C)C1CCC2(CC1)NC(=O)N(CC(=O)Nc1ccc(Oc3ncccn3)cc1)C2=O. The number of anilines is 1. The monoisotopic (exact) mass is 451 g/mol. The van der Waals surface area contributed by atoms with E-state index in [4.69, 9.17) is 4.74 Å². The number of rotatable bonds is 5. The van der Waals surface area contributed by atoms with Crippen LogP contribution in [0.15, 0.2) is 42.7 Å². The second-order valence-electron chi connectivity index (χ2n) is 9.75. The van der Waals surface area contributed by atoms with E-state index in [1.807, 2.05) is 0 Å². The molecule has 174 valence electrons. The van der Waals surface area contributed by atoms with Crippen molar-refractivity contribution in [1.29, 1.82) is 0 Å². The number of nitrogens with one attached hydrogen (secondary N) is 2. The average Bonchev–Trinajstić information content (AvgIpc) is 2.99. The van der Waals surface area contributed by atoms with E-state index >= 15 is 0 Å². The van der Waals surface area contributed by atoms with Crippen LogP contribution in [-0.2, 0) is 9.59 Å². The van der Waals surface area contributed by atoms with Gasteiger partial charge >= 0.3 is 12.0 Å². The van der Waals surface area contributed by atoms with Crippen molar-refractivity contribution in [2.45, 2.75) is 52.0 Å². The van der Waals surface area contributed by atoms with Crippen LogP contribution in [0.1, 0.15) is 46.5 Å². The molecule has 9 heteroatoms. The molecule has 33 heavy (non-hydrogen) atoms. The Kier molecular flexibility index (Phi) is 6.05. The lowest BCUT2D eigenvalue weighted by Crippen LogP contribution is -2.50. The van der Waals surface area contributed by atoms with Crippen LogP contribution in [0.3, 0.4) is 0 Å². The van der Waals surface area contributed by atoms with Gasteiger partial charge in [-0.25, -0.2) is 14.8 Å². The second kappa shape index (κ2) is 8.80. The van der Waals surface area contributed by atoms with Gasteiger partial charge in [0.05, 0.1) is 0 Å². The van der Waals surface area contributed by atoms with Gasteiger partial charge in [0.2, 0.25) is 5.91 Å². The van der Waals surface area contributed by atoms with Gasteiger partial charge < -0.3 is 15.4 Å². The molecule has 4 amide bonds. The van der Waals surface area contributed by atoms with Crippen LogP contribution >= 0.6 is 0 Å². The molecule has 4 rings (SSSR count). The van der Waals surface area contributed by atoms with Crippen molar-refractivity contribution in [2.75, 3.05) is 11.9 Å². The molecule has 1 spiro atoms. The standard InChI is InChI=1S/C24H29N5O4/c1-23(2,3)16-9-11-24(12-10-16)20(31)29(22(32)28-24)15-19(30)27-17-5-7-18(8-6-17)33-21-25-13-4-14-26-21/h4-8,13-14,16H,9-12,15H2,1-3H3,(H,27,30)(H,28,32). The summed E-state index contributed by atoms with van der Waals surface area (Å²) >= 11 is 0. The van der Waals surface area contributed by atoms with E-state index in [0.717, 1.165) is 17.7 Å². The Balaban J connectivity index is 1.33. The molecule has 2 heterocycles. The van der Waals surface area contributed by atoms with Gasteiger partial charge in [-0.2, -0.15) is 0 Å². The second-order valence-corrected chi connectivity index (χ2v) is 9.75. The smallest absolute Gasteiger partial charge is 0.325 e. The van der Waals surface area contributed by atoms with E-state index in [1.165, 1.54) is 0 Å². The van der Waals surface area contributed by atoms with Crippen molar-refractivity contribution in [2.24, 2.45) is 11.3 Å². The lowest BCUT2D eigenvalue weighted by atomic mass is 9.67. The first kappa shape index (κ1) is 22.7. The summed E-state index contributed by atoms with van der Waals surface area (Å²) in [4.78, 5) is 47.2. The molecule has 2 aliphatic rings. The third-order valence-electron chi connectivity index (χ3n) is 6.50. The predicted octanol–water partition coefficient (Wildman–Crippen LogP) is 3.73. The van der Waals surface area contributed by atoms with Gasteiger partial charge in [-0.1, -0.05) is 20.8 Å². The lowest BCUT2D eigenvalue weighted by Gasteiger charge is -2.40. The number of benzene rings is 1. The molecule has 2 fully saturated rings. The summed E-state index contributed by atoms with van der Waals surface area (Å²) in [6.45, 7) is 6.28. The lowest BCUT2D eigenvalue weighted by molar-refractivity contribution is -0.135. The summed E-state index contributed by atoms with van der Waals surface area (Å²) in [5.74, 6) is 0.271. The van der Waals surface area contributed by atoms with Crippen molar-refractivity contribution in [3.8, 4) is 11.8 Å². The van der Waals surface area contributed by atoms with E-state index in [9.17, 15) is 14.4 Å². The first-order valence-electron chi connectivity index (χ1n) is 11.2. The molecule has 0 bridgehead atoms. The zero-order valence-corrected chi connectivity index (χ0v) is 19.1. The van der Waals surface area contributed by atoms with Crippen LogP contribution in [0, 0.1) is 11.3 Å². The molecule has 1 saturated carbocycles. The first-order chi connectivity index (χ1) is 15.7. The number of carbonyl (C=O) groups excluding carboxylic acids is 3. The van der Waals surface area contributed by atoms with E-state index in [0.29, 0.717) is 30.2 Å². The highest BCUT2D eigenvalue weighted by molar-refractivity contribution is 6.10. The van der Waals surface area contributed by atoms with E-state index in [-0.39, 0.29) is 23.9 Å². The topological polar surface area (TPSA) is 114 Å². The minimum Gasteiger partial charge on any atom is -0.424 e. The number of aromatic nitrogens is 2. The fourth-order valence-corrected chi connectivity index (χ4v) is 4.53. The van der Waals surface area contributed by atoms with Gasteiger partial charge in [-0.15, -0.1) is 0 Å². The summed E-state index contributed by atoms with van der Waals surface area (Å²) in [5, 5.41) is 5.59. The number of amides is 4. The fraction of sp³-hybridized carbons (Fsp3) is 0.458. The molecular formula is C24H29N5O4. The Morgan fingerprint density at radius 2 is 1.79 bits per heavy atom. The van der Waals surface area contributed by atoms with Crippen LogP contribution in [0.5, 0.6) is 11.8 Å². The average molecular weight is 452 g/mol. The minimum atomic E-state index is -0.877. The van der Waals surface area contributed by atoms with Crippen LogP contribution < -0.4 is 15.4 Å². The largest absolute Gasteiger partial charge is 0.424 e. The molecule has 0 unspecified atom stereocenters. The quantitative estimate of drug-likeness (QED) is 0.670. The van der Waals surface area contributed by atoms with Gasteiger partial charge in [0.25, 0.3) is 5.91 Å². The molecule has 1 aromatic heterocycles. The van der Waals surface area contributed by atoms with Gasteiger partial charge in [-0.05, 0) is 67.3 Å². The molecule has 1 saturated heterocycles. The fourth-order valence-electron chi connectivity index (χ4n) is 4.53. The third-order valence-corrected chi connectivity index (χ3v) is 6.50. The van der Waals surface area contributed by atoms with Crippen LogP contribution in [-0.4, -0.2) is 44.8 Å². The molecular weight excluding hydrogens is 422 g/mol. The molecule has 0 atom stereocenters. The maximum Gasteiger partial charge on any atom is 0.325 e. The number of nitrogens with zero attached hydrogens (tertiary/aromatic N) is 3. The highest BCUT2D eigenvalue weighted by Crippen LogP contribution is 2.43. The number of urea groups is 1. The van der Waals surface area contributed by atoms with Crippen molar-refractivity contribution in [1.82, 2.24) is 20.2 Å². The molecule has 9 nitrogen and oxygen atoms in total. The summed E-state index contributed by atoms with van der Waals surface area (Å²) in [5.41, 5.74) is -0.187. The number of hydrogen-bond donors (Lipinski definition) is 2. The normalized spacial score (nSPS) is 22.9. The maximum atomic E-state index is 13.1. The molecule has 1 aromatic carbocycles. The number of hydrogen-bond acceptors (Lipinski definition) is 6.